The molecule has 0 aliphatic heterocycles. The lowest BCUT2D eigenvalue weighted by Crippen LogP contribution is -2.57. The van der Waals surface area contributed by atoms with E-state index in [-0.39, 0.29) is 16.5 Å². The molecule has 104 valence electrons. The lowest BCUT2D eigenvalue weighted by atomic mass is 9.58. The van der Waals surface area contributed by atoms with Crippen LogP contribution in [0.2, 0.25) is 5.02 Å². The molecule has 2 aliphatic rings. The molecular weight excluding hydrogens is 331 g/mol. The first-order valence-corrected chi connectivity index (χ1v) is 8.17. The van der Waals surface area contributed by atoms with Crippen LogP contribution >= 0.6 is 27.5 Å². The van der Waals surface area contributed by atoms with E-state index < -0.39 is 5.82 Å². The minimum Gasteiger partial charge on any atom is -0.487 e. The molecule has 1 nitrogen and oxygen atoms in total. The maximum atomic E-state index is 13.9. The molecule has 0 heterocycles. The summed E-state index contributed by atoms with van der Waals surface area (Å²) in [7, 11) is 0. The molecule has 4 heteroatoms. The molecular formula is C15H17BrClFO. The van der Waals surface area contributed by atoms with Crippen LogP contribution in [0.15, 0.2) is 18.2 Å². The second-order valence-electron chi connectivity index (χ2n) is 5.66. The summed E-state index contributed by atoms with van der Waals surface area (Å²) in [5.74, 6) is -0.144. The minimum absolute atomic E-state index is 0.116. The summed E-state index contributed by atoms with van der Waals surface area (Å²) in [5.41, 5.74) is 0.201. The van der Waals surface area contributed by atoms with Crippen molar-refractivity contribution in [3.63, 3.8) is 0 Å². The zero-order valence-electron chi connectivity index (χ0n) is 10.7. The molecule has 0 bridgehead atoms. The van der Waals surface area contributed by atoms with Crippen molar-refractivity contribution in [2.75, 3.05) is 0 Å². The predicted molar refractivity (Wildman–Crippen MR) is 78.7 cm³/mol. The highest BCUT2D eigenvalue weighted by molar-refractivity contribution is 9.09. The van der Waals surface area contributed by atoms with Gasteiger partial charge >= 0.3 is 0 Å². The SMILES string of the molecule is Fc1c(Cl)cccc1OC1CC(Br)C12CCCCC2. The Balaban J connectivity index is 1.78. The van der Waals surface area contributed by atoms with Crippen LogP contribution in [0.4, 0.5) is 4.39 Å². The topological polar surface area (TPSA) is 9.23 Å². The van der Waals surface area contributed by atoms with Gasteiger partial charge in [0, 0.05) is 10.2 Å². The van der Waals surface area contributed by atoms with Crippen LogP contribution in [0.25, 0.3) is 0 Å². The van der Waals surface area contributed by atoms with Gasteiger partial charge < -0.3 is 4.74 Å². The maximum absolute atomic E-state index is 13.9. The van der Waals surface area contributed by atoms with Gasteiger partial charge in [-0.25, -0.2) is 4.39 Å². The van der Waals surface area contributed by atoms with Crippen LogP contribution in [0, 0.1) is 11.2 Å². The molecule has 3 rings (SSSR count). The molecule has 2 atom stereocenters. The number of hydrogen-bond donors (Lipinski definition) is 0. The van der Waals surface area contributed by atoms with Crippen LogP contribution in [0.3, 0.4) is 0 Å². The first-order valence-electron chi connectivity index (χ1n) is 6.88. The number of hydrogen-bond acceptors (Lipinski definition) is 1. The molecule has 2 saturated carbocycles. The zero-order valence-corrected chi connectivity index (χ0v) is 13.0. The molecule has 0 amide bonds. The summed E-state index contributed by atoms with van der Waals surface area (Å²) in [4.78, 5) is 0.507. The van der Waals surface area contributed by atoms with E-state index in [1.165, 1.54) is 32.1 Å². The Hall–Kier alpha value is -0.280. The molecule has 0 N–H and O–H groups in total. The van der Waals surface area contributed by atoms with E-state index in [2.05, 4.69) is 15.9 Å². The predicted octanol–water partition coefficient (Wildman–Crippen LogP) is 5.34. The fraction of sp³-hybridized carbons (Fsp3) is 0.600. The second kappa shape index (κ2) is 5.25. The fourth-order valence-corrected chi connectivity index (χ4v) is 4.70. The number of alkyl halides is 1. The summed E-state index contributed by atoms with van der Waals surface area (Å²) < 4.78 is 19.8. The molecule has 0 saturated heterocycles. The quantitative estimate of drug-likeness (QED) is 0.656. The zero-order chi connectivity index (χ0) is 13.5. The average molecular weight is 348 g/mol. The molecule has 2 fully saturated rings. The van der Waals surface area contributed by atoms with Crippen LogP contribution in [-0.2, 0) is 0 Å². The van der Waals surface area contributed by atoms with Gasteiger partial charge in [0.15, 0.2) is 11.6 Å². The van der Waals surface area contributed by atoms with Gasteiger partial charge in [0.2, 0.25) is 0 Å². The van der Waals surface area contributed by atoms with Gasteiger partial charge in [-0.15, -0.1) is 0 Å². The molecule has 2 aliphatic carbocycles. The van der Waals surface area contributed by atoms with Crippen molar-refractivity contribution in [2.24, 2.45) is 5.41 Å². The van der Waals surface area contributed by atoms with Gasteiger partial charge in [-0.2, -0.15) is 0 Å². The molecule has 1 spiro atoms. The fourth-order valence-electron chi connectivity index (χ4n) is 3.44. The minimum atomic E-state index is -0.437. The van der Waals surface area contributed by atoms with Crippen molar-refractivity contribution in [1.82, 2.24) is 0 Å². The van der Waals surface area contributed by atoms with Gasteiger partial charge in [-0.3, -0.25) is 0 Å². The van der Waals surface area contributed by atoms with Crippen molar-refractivity contribution in [2.45, 2.75) is 49.5 Å². The number of rotatable bonds is 2. The normalized spacial score (nSPS) is 29.0. The van der Waals surface area contributed by atoms with E-state index in [0.717, 1.165) is 6.42 Å². The number of halogens is 3. The average Bonchev–Trinajstić information content (AvgIpc) is 2.44. The first-order chi connectivity index (χ1) is 9.13. The third-order valence-electron chi connectivity index (χ3n) is 4.66. The van der Waals surface area contributed by atoms with E-state index in [9.17, 15) is 4.39 Å². The molecule has 1 aromatic carbocycles. The lowest BCUT2D eigenvalue weighted by Gasteiger charge is -2.55. The van der Waals surface area contributed by atoms with Gasteiger partial charge in [0.05, 0.1) is 5.02 Å². The number of ether oxygens (including phenoxy) is 1. The molecule has 1 aromatic rings. The monoisotopic (exact) mass is 346 g/mol. The summed E-state index contributed by atoms with van der Waals surface area (Å²) in [5, 5.41) is 0.130. The van der Waals surface area contributed by atoms with Gasteiger partial charge in [-0.05, 0) is 31.4 Å². The van der Waals surface area contributed by atoms with E-state index in [1.807, 2.05) is 0 Å². The summed E-state index contributed by atoms with van der Waals surface area (Å²) in [6.07, 6.45) is 7.22. The third-order valence-corrected chi connectivity index (χ3v) is 6.23. The maximum Gasteiger partial charge on any atom is 0.183 e. The standard InChI is InChI=1S/C15H17BrClFO/c16-12-9-13(15(12)7-2-1-3-8-15)19-11-6-4-5-10(17)14(11)18/h4-6,12-13H,1-3,7-9H2. The molecule has 2 unspecified atom stereocenters. The van der Waals surface area contributed by atoms with Crippen molar-refractivity contribution in [3.05, 3.63) is 29.0 Å². The van der Waals surface area contributed by atoms with Crippen molar-refractivity contribution < 1.29 is 9.13 Å². The highest BCUT2D eigenvalue weighted by Gasteiger charge is 2.55. The highest BCUT2D eigenvalue weighted by Crippen LogP contribution is 2.56. The van der Waals surface area contributed by atoms with Crippen LogP contribution in [0.1, 0.15) is 38.5 Å². The van der Waals surface area contributed by atoms with E-state index in [0.29, 0.717) is 10.6 Å². The van der Waals surface area contributed by atoms with Crippen molar-refractivity contribution in [1.29, 1.82) is 0 Å². The Morgan fingerprint density at radius 2 is 2.00 bits per heavy atom. The third kappa shape index (κ3) is 2.29. The second-order valence-corrected chi connectivity index (χ2v) is 7.17. The number of benzene rings is 1. The molecule has 0 aromatic heterocycles. The van der Waals surface area contributed by atoms with Crippen LogP contribution in [0.5, 0.6) is 5.75 Å². The van der Waals surface area contributed by atoms with E-state index in [1.54, 1.807) is 18.2 Å². The lowest BCUT2D eigenvalue weighted by molar-refractivity contribution is -0.0617. The van der Waals surface area contributed by atoms with Gasteiger partial charge in [0.25, 0.3) is 0 Å². The molecule has 0 radical (unpaired) electrons. The van der Waals surface area contributed by atoms with Crippen molar-refractivity contribution >= 4 is 27.5 Å². The Morgan fingerprint density at radius 3 is 2.68 bits per heavy atom. The Bertz CT molecular complexity index is 473. The molecule has 19 heavy (non-hydrogen) atoms. The first kappa shape index (κ1) is 13.7. The van der Waals surface area contributed by atoms with Crippen LogP contribution in [-0.4, -0.2) is 10.9 Å². The van der Waals surface area contributed by atoms with Gasteiger partial charge in [-0.1, -0.05) is 52.9 Å². The summed E-state index contributed by atoms with van der Waals surface area (Å²) in [6, 6.07) is 4.95. The van der Waals surface area contributed by atoms with E-state index in [4.69, 9.17) is 16.3 Å². The van der Waals surface area contributed by atoms with E-state index >= 15 is 0 Å². The Morgan fingerprint density at radius 1 is 1.26 bits per heavy atom. The Kier molecular flexibility index (Phi) is 3.78. The summed E-state index contributed by atoms with van der Waals surface area (Å²) in [6.45, 7) is 0. The van der Waals surface area contributed by atoms with Crippen LogP contribution < -0.4 is 4.74 Å². The largest absolute Gasteiger partial charge is 0.487 e. The highest BCUT2D eigenvalue weighted by atomic mass is 79.9. The Labute approximate surface area is 126 Å². The summed E-state index contributed by atoms with van der Waals surface area (Å²) >= 11 is 9.57. The van der Waals surface area contributed by atoms with Gasteiger partial charge in [0.1, 0.15) is 6.10 Å². The van der Waals surface area contributed by atoms with Crippen molar-refractivity contribution in [3.8, 4) is 5.75 Å². The smallest absolute Gasteiger partial charge is 0.183 e.